The van der Waals surface area contributed by atoms with E-state index in [9.17, 15) is 0 Å². The Morgan fingerprint density at radius 1 is 0.744 bits per heavy atom. The van der Waals surface area contributed by atoms with E-state index in [0.717, 1.165) is 48.7 Å². The lowest BCUT2D eigenvalue weighted by Gasteiger charge is -2.23. The maximum Gasteiger partial charge on any atom is 0.203 e. The number of para-hydroxylation sites is 2. The summed E-state index contributed by atoms with van der Waals surface area (Å²) in [6, 6.07) is 11.6. The third-order valence-corrected chi connectivity index (χ3v) is 6.59. The van der Waals surface area contributed by atoms with Crippen molar-refractivity contribution < 1.29 is 26.8 Å². The number of hydrogen-bond acceptors (Lipinski definition) is 7. The van der Waals surface area contributed by atoms with Gasteiger partial charge in [0.1, 0.15) is 29.1 Å². The van der Waals surface area contributed by atoms with Crippen molar-refractivity contribution in [3.05, 3.63) is 42.0 Å². The Morgan fingerprint density at radius 2 is 1.33 bits per heavy atom. The van der Waals surface area contributed by atoms with Gasteiger partial charge in [0.15, 0.2) is 23.0 Å². The number of methoxy groups -OCH3 is 4. The molecule has 0 amide bonds. The Kier molecular flexibility index (Phi) is 22.8. The van der Waals surface area contributed by atoms with Crippen molar-refractivity contribution in [1.29, 1.82) is 0 Å². The zero-order valence-electron chi connectivity index (χ0n) is 25.6. The molecule has 0 radical (unpaired) electrons. The molecule has 7 nitrogen and oxygen atoms in total. The monoisotopic (exact) mass is 661 g/mol. The van der Waals surface area contributed by atoms with Crippen molar-refractivity contribution >= 4 is 23.0 Å². The second-order valence-electron chi connectivity index (χ2n) is 8.63. The highest BCUT2D eigenvalue weighted by atomic mass is 127. The smallest absolute Gasteiger partial charge is 0.203 e. The molecule has 2 rings (SSSR count). The molecule has 0 aliphatic heterocycles. The van der Waals surface area contributed by atoms with E-state index in [1.54, 1.807) is 28.4 Å². The Morgan fingerprint density at radius 3 is 1.87 bits per heavy atom. The van der Waals surface area contributed by atoms with E-state index in [-0.39, 0.29) is 6.10 Å². The molecule has 0 aliphatic rings. The standard InChI is InChI=1S/C16H27NO3.C13H19IO3.C2H6/c1-4-11-17-12-6-5-7-13-20-15-10-8-9-14(18-2)16(15)19-3;1-5-9(2)12(17-14)10-7-6-8-11(15-3)13(10)16-4;1-2/h8-10,17H,4-7,11-13H2,1-3H3;6-9,12H,5H2,1-4H3;1-2H3. The molecular formula is C31H52INO6. The van der Waals surface area contributed by atoms with Gasteiger partial charge in [-0.15, -0.1) is 0 Å². The van der Waals surface area contributed by atoms with Crippen LogP contribution in [0.4, 0.5) is 0 Å². The topological polar surface area (TPSA) is 67.4 Å². The van der Waals surface area contributed by atoms with Gasteiger partial charge >= 0.3 is 0 Å². The Labute approximate surface area is 251 Å². The van der Waals surface area contributed by atoms with Gasteiger partial charge in [0.2, 0.25) is 5.75 Å². The third-order valence-electron chi connectivity index (χ3n) is 6.05. The SMILES string of the molecule is CC.CCC(C)C(OI)c1cccc(OC)c1OC.CCCNCCCCCOc1cccc(OC)c1OC. The Balaban J connectivity index is 0.000000704. The molecule has 2 aromatic carbocycles. The summed E-state index contributed by atoms with van der Waals surface area (Å²) in [5.74, 6) is 4.04. The van der Waals surface area contributed by atoms with E-state index in [2.05, 4.69) is 26.1 Å². The maximum atomic E-state index is 5.77. The van der Waals surface area contributed by atoms with Crippen LogP contribution in [0.1, 0.15) is 78.4 Å². The lowest BCUT2D eigenvalue weighted by molar-refractivity contribution is 0.196. The van der Waals surface area contributed by atoms with E-state index in [4.69, 9.17) is 26.8 Å². The molecule has 1 N–H and O–H groups in total. The van der Waals surface area contributed by atoms with Gasteiger partial charge in [0, 0.05) is 5.56 Å². The zero-order chi connectivity index (χ0) is 29.5. The first-order valence-electron chi connectivity index (χ1n) is 14.0. The van der Waals surface area contributed by atoms with Crippen LogP contribution in [0.3, 0.4) is 0 Å². The summed E-state index contributed by atoms with van der Waals surface area (Å²) >= 11 is 1.95. The van der Waals surface area contributed by atoms with E-state index in [0.29, 0.717) is 24.0 Å². The minimum absolute atomic E-state index is 0.0191. The van der Waals surface area contributed by atoms with E-state index in [1.165, 1.54) is 19.3 Å². The van der Waals surface area contributed by atoms with E-state index >= 15 is 0 Å². The lowest BCUT2D eigenvalue weighted by atomic mass is 9.94. The first-order chi connectivity index (χ1) is 19.0. The maximum absolute atomic E-state index is 5.77. The van der Waals surface area contributed by atoms with Crippen molar-refractivity contribution in [3.8, 4) is 28.7 Å². The summed E-state index contributed by atoms with van der Waals surface area (Å²) in [4.78, 5) is 0. The number of unbranched alkanes of at least 4 members (excludes halogenated alkanes) is 2. The third kappa shape index (κ3) is 13.3. The number of benzene rings is 2. The zero-order valence-corrected chi connectivity index (χ0v) is 27.8. The second kappa shape index (κ2) is 23.9. The van der Waals surface area contributed by atoms with Crippen LogP contribution >= 0.6 is 23.0 Å². The molecule has 0 saturated carbocycles. The molecule has 0 spiro atoms. The quantitative estimate of drug-likeness (QED) is 0.135. The summed E-state index contributed by atoms with van der Waals surface area (Å²) in [5.41, 5.74) is 1.04. The van der Waals surface area contributed by atoms with Crippen LogP contribution in [0.15, 0.2) is 36.4 Å². The number of nitrogens with one attached hydrogen (secondary N) is 1. The molecule has 39 heavy (non-hydrogen) atoms. The minimum atomic E-state index is 0.0191. The molecule has 2 unspecified atom stereocenters. The normalized spacial score (nSPS) is 11.6. The number of halogens is 1. The lowest BCUT2D eigenvalue weighted by Crippen LogP contribution is -2.15. The number of ether oxygens (including phenoxy) is 5. The molecule has 0 aromatic heterocycles. The molecule has 0 aliphatic carbocycles. The van der Waals surface area contributed by atoms with Crippen molar-refractivity contribution in [2.45, 2.75) is 72.8 Å². The summed E-state index contributed by atoms with van der Waals surface area (Å²) in [6.45, 7) is 13.4. The van der Waals surface area contributed by atoms with Crippen LogP contribution in [-0.4, -0.2) is 48.1 Å². The summed E-state index contributed by atoms with van der Waals surface area (Å²) in [7, 11) is 6.56. The molecule has 0 saturated heterocycles. The van der Waals surface area contributed by atoms with Crippen LogP contribution in [0.25, 0.3) is 0 Å². The van der Waals surface area contributed by atoms with Crippen molar-refractivity contribution in [1.82, 2.24) is 5.32 Å². The van der Waals surface area contributed by atoms with Crippen LogP contribution in [-0.2, 0) is 3.07 Å². The van der Waals surface area contributed by atoms with Gasteiger partial charge in [0.25, 0.3) is 0 Å². The fraction of sp³-hybridized carbons (Fsp3) is 0.613. The van der Waals surface area contributed by atoms with Crippen molar-refractivity contribution in [2.75, 3.05) is 48.1 Å². The highest BCUT2D eigenvalue weighted by molar-refractivity contribution is 14.1. The minimum Gasteiger partial charge on any atom is -0.493 e. The summed E-state index contributed by atoms with van der Waals surface area (Å²) in [6.07, 6.45) is 5.67. The summed E-state index contributed by atoms with van der Waals surface area (Å²) in [5, 5.41) is 3.40. The van der Waals surface area contributed by atoms with Gasteiger partial charge in [-0.05, 0) is 62.9 Å². The van der Waals surface area contributed by atoms with Gasteiger partial charge in [-0.3, -0.25) is 0 Å². The number of rotatable bonds is 17. The van der Waals surface area contributed by atoms with Gasteiger partial charge in [-0.2, -0.15) is 0 Å². The Bertz CT molecular complexity index is 867. The predicted octanol–water partition coefficient (Wildman–Crippen LogP) is 8.44. The summed E-state index contributed by atoms with van der Waals surface area (Å²) < 4.78 is 32.7. The first-order valence-corrected chi connectivity index (χ1v) is 14.9. The fourth-order valence-corrected chi connectivity index (χ4v) is 4.55. The van der Waals surface area contributed by atoms with Gasteiger partial charge in [-0.1, -0.05) is 59.2 Å². The van der Waals surface area contributed by atoms with Gasteiger partial charge in [-0.25, -0.2) is 0 Å². The average Bonchev–Trinajstić information content (AvgIpc) is 2.99. The van der Waals surface area contributed by atoms with Crippen LogP contribution in [0.2, 0.25) is 0 Å². The predicted molar refractivity (Wildman–Crippen MR) is 170 cm³/mol. The molecule has 0 heterocycles. The van der Waals surface area contributed by atoms with Crippen molar-refractivity contribution in [2.24, 2.45) is 5.92 Å². The molecule has 0 bridgehead atoms. The largest absolute Gasteiger partial charge is 0.493 e. The molecule has 2 aromatic rings. The molecular weight excluding hydrogens is 609 g/mol. The molecule has 8 heteroatoms. The molecule has 2 atom stereocenters. The highest BCUT2D eigenvalue weighted by Gasteiger charge is 2.23. The van der Waals surface area contributed by atoms with Crippen LogP contribution in [0, 0.1) is 5.92 Å². The average molecular weight is 662 g/mol. The first kappa shape index (κ1) is 37.1. The number of hydrogen-bond donors (Lipinski definition) is 1. The van der Waals surface area contributed by atoms with Crippen LogP contribution < -0.4 is 29.0 Å². The van der Waals surface area contributed by atoms with E-state index < -0.39 is 0 Å². The van der Waals surface area contributed by atoms with Gasteiger partial charge < -0.3 is 32.1 Å². The molecule has 224 valence electrons. The highest BCUT2D eigenvalue weighted by Crippen LogP contribution is 2.40. The fourth-order valence-electron chi connectivity index (χ4n) is 3.78. The van der Waals surface area contributed by atoms with Gasteiger partial charge in [0.05, 0.1) is 35.0 Å². The Hall–Kier alpha value is -1.91. The second-order valence-corrected chi connectivity index (χ2v) is 9.14. The van der Waals surface area contributed by atoms with Crippen LogP contribution in [0.5, 0.6) is 28.7 Å². The van der Waals surface area contributed by atoms with E-state index in [1.807, 2.05) is 73.3 Å². The van der Waals surface area contributed by atoms with Crippen molar-refractivity contribution in [3.63, 3.8) is 0 Å². The molecule has 0 fully saturated rings.